The maximum Gasteiger partial charge on any atom is 0.112 e. The largest absolute Gasteiger partial charge is 0.345 e. The predicted molar refractivity (Wildman–Crippen MR) is 102 cm³/mol. The molecule has 0 saturated heterocycles. The van der Waals surface area contributed by atoms with Gasteiger partial charge in [-0.2, -0.15) is 10.2 Å². The third kappa shape index (κ3) is 7.88. The first kappa shape index (κ1) is 18.9. The molecule has 0 aromatic rings. The standard InChI is InChI=1S/C18H36N6/c1-21-15-19-23(17-21)13-11-9-7-5-3-4-6-8-10-12-14-24-18-22(2)16-20-24/h15-16H,3-14,17-18H2,1-2H3. The Kier molecular flexibility index (Phi) is 8.77. The molecular formula is C18H36N6. The summed E-state index contributed by atoms with van der Waals surface area (Å²) in [6.45, 7) is 4.14. The van der Waals surface area contributed by atoms with Crippen LogP contribution in [0.3, 0.4) is 0 Å². The second-order valence-corrected chi connectivity index (χ2v) is 7.25. The molecule has 2 heterocycles. The minimum atomic E-state index is 0.959. The SMILES string of the molecule is CN1C=NN(CCCCCCCCCCCCN2CN(C)C=N2)C1. The molecule has 0 saturated carbocycles. The third-order valence-corrected chi connectivity index (χ3v) is 4.68. The molecule has 0 aromatic carbocycles. The molecule has 2 rings (SSSR count). The highest BCUT2D eigenvalue weighted by molar-refractivity contribution is 5.55. The predicted octanol–water partition coefficient (Wildman–Crippen LogP) is 3.18. The molecule has 0 fully saturated rings. The van der Waals surface area contributed by atoms with Crippen LogP contribution in [0.4, 0.5) is 0 Å². The summed E-state index contributed by atoms with van der Waals surface area (Å²) >= 11 is 0. The Balaban J connectivity index is 1.26. The fourth-order valence-electron chi connectivity index (χ4n) is 3.24. The van der Waals surface area contributed by atoms with Crippen molar-refractivity contribution in [3.63, 3.8) is 0 Å². The van der Waals surface area contributed by atoms with Crippen molar-refractivity contribution in [3.05, 3.63) is 0 Å². The van der Waals surface area contributed by atoms with Crippen LogP contribution in [0.1, 0.15) is 64.2 Å². The molecule has 0 aromatic heterocycles. The average Bonchev–Trinajstić information content (AvgIpc) is 3.17. The molecular weight excluding hydrogens is 300 g/mol. The van der Waals surface area contributed by atoms with Crippen molar-refractivity contribution in [3.8, 4) is 0 Å². The van der Waals surface area contributed by atoms with Gasteiger partial charge in [-0.05, 0) is 12.8 Å². The fourth-order valence-corrected chi connectivity index (χ4v) is 3.24. The minimum Gasteiger partial charge on any atom is -0.345 e. The number of hydrogen-bond acceptors (Lipinski definition) is 6. The Hall–Kier alpha value is -1.46. The zero-order valence-corrected chi connectivity index (χ0v) is 15.7. The molecule has 0 spiro atoms. The summed E-state index contributed by atoms with van der Waals surface area (Å²) < 4.78 is 0. The van der Waals surface area contributed by atoms with Gasteiger partial charge in [0.25, 0.3) is 0 Å². The van der Waals surface area contributed by atoms with Crippen LogP contribution in [0.2, 0.25) is 0 Å². The highest BCUT2D eigenvalue weighted by atomic mass is 15.6. The van der Waals surface area contributed by atoms with E-state index < -0.39 is 0 Å². The third-order valence-electron chi connectivity index (χ3n) is 4.68. The summed E-state index contributed by atoms with van der Waals surface area (Å²) in [4.78, 5) is 4.24. The van der Waals surface area contributed by atoms with E-state index in [9.17, 15) is 0 Å². The van der Waals surface area contributed by atoms with Gasteiger partial charge in [0, 0.05) is 27.2 Å². The topological polar surface area (TPSA) is 37.7 Å². The molecule has 2 aliphatic rings. The molecule has 24 heavy (non-hydrogen) atoms. The summed E-state index contributed by atoms with van der Waals surface area (Å²) in [5.74, 6) is 0. The normalized spacial score (nSPS) is 16.9. The van der Waals surface area contributed by atoms with Crippen LogP contribution in [-0.2, 0) is 0 Å². The number of hydrogen-bond donors (Lipinski definition) is 0. The maximum absolute atomic E-state index is 4.35. The van der Waals surface area contributed by atoms with Gasteiger partial charge in [0.2, 0.25) is 0 Å². The molecule has 0 amide bonds. The number of rotatable bonds is 13. The second-order valence-electron chi connectivity index (χ2n) is 7.25. The Labute approximate surface area is 148 Å². The molecule has 0 bridgehead atoms. The molecule has 0 unspecified atom stereocenters. The Morgan fingerprint density at radius 3 is 1.21 bits per heavy atom. The summed E-state index contributed by atoms with van der Waals surface area (Å²) in [6.07, 6.45) is 17.5. The van der Waals surface area contributed by atoms with Crippen molar-refractivity contribution in [2.75, 3.05) is 40.5 Å². The average molecular weight is 337 g/mol. The lowest BCUT2D eigenvalue weighted by Crippen LogP contribution is -2.24. The zero-order chi connectivity index (χ0) is 17.0. The smallest absolute Gasteiger partial charge is 0.112 e. The summed E-state index contributed by atoms with van der Waals surface area (Å²) in [5, 5.41) is 13.0. The van der Waals surface area contributed by atoms with Gasteiger partial charge in [0.1, 0.15) is 26.0 Å². The van der Waals surface area contributed by atoms with E-state index in [-0.39, 0.29) is 0 Å². The molecule has 2 aliphatic heterocycles. The lowest BCUT2D eigenvalue weighted by atomic mass is 10.1. The van der Waals surface area contributed by atoms with Gasteiger partial charge in [-0.25, -0.2) is 0 Å². The first-order chi connectivity index (χ1) is 11.7. The number of unbranched alkanes of at least 4 members (excludes halogenated alkanes) is 9. The van der Waals surface area contributed by atoms with Gasteiger partial charge < -0.3 is 9.80 Å². The van der Waals surface area contributed by atoms with E-state index in [0.29, 0.717) is 0 Å². The van der Waals surface area contributed by atoms with Crippen LogP contribution in [0.5, 0.6) is 0 Å². The fraction of sp³-hybridized carbons (Fsp3) is 0.889. The Morgan fingerprint density at radius 2 is 0.917 bits per heavy atom. The zero-order valence-electron chi connectivity index (χ0n) is 15.7. The van der Waals surface area contributed by atoms with E-state index in [1.165, 1.54) is 64.2 Å². The number of nitrogens with zero attached hydrogens (tertiary/aromatic N) is 6. The number of hydrazone groups is 2. The Morgan fingerprint density at radius 1 is 0.583 bits per heavy atom. The molecule has 0 aliphatic carbocycles. The van der Waals surface area contributed by atoms with Crippen LogP contribution < -0.4 is 0 Å². The van der Waals surface area contributed by atoms with E-state index in [0.717, 1.165) is 26.4 Å². The van der Waals surface area contributed by atoms with Crippen molar-refractivity contribution in [2.24, 2.45) is 10.2 Å². The van der Waals surface area contributed by atoms with Crippen LogP contribution in [0.15, 0.2) is 10.2 Å². The lowest BCUT2D eigenvalue weighted by Gasteiger charge is -2.15. The molecule has 138 valence electrons. The van der Waals surface area contributed by atoms with Gasteiger partial charge in [-0.3, -0.25) is 10.0 Å². The quantitative estimate of drug-likeness (QED) is 0.484. The van der Waals surface area contributed by atoms with E-state index in [1.807, 2.05) is 12.7 Å². The molecule has 6 nitrogen and oxygen atoms in total. The van der Waals surface area contributed by atoms with Crippen molar-refractivity contribution in [2.45, 2.75) is 64.2 Å². The van der Waals surface area contributed by atoms with Crippen LogP contribution in [0.25, 0.3) is 0 Å². The lowest BCUT2D eigenvalue weighted by molar-refractivity contribution is 0.247. The van der Waals surface area contributed by atoms with Crippen molar-refractivity contribution < 1.29 is 0 Å². The van der Waals surface area contributed by atoms with Crippen LogP contribution >= 0.6 is 0 Å². The van der Waals surface area contributed by atoms with Gasteiger partial charge in [0.05, 0.1) is 0 Å². The van der Waals surface area contributed by atoms with Gasteiger partial charge in [-0.15, -0.1) is 0 Å². The highest BCUT2D eigenvalue weighted by Crippen LogP contribution is 2.12. The van der Waals surface area contributed by atoms with E-state index in [2.05, 4.69) is 44.1 Å². The summed E-state index contributed by atoms with van der Waals surface area (Å²) in [7, 11) is 4.14. The maximum atomic E-state index is 4.35. The minimum absolute atomic E-state index is 0.959. The molecule has 0 atom stereocenters. The van der Waals surface area contributed by atoms with Gasteiger partial charge in [0.15, 0.2) is 0 Å². The first-order valence-electron chi connectivity index (χ1n) is 9.72. The van der Waals surface area contributed by atoms with Crippen molar-refractivity contribution in [1.82, 2.24) is 19.8 Å². The van der Waals surface area contributed by atoms with Crippen molar-refractivity contribution in [1.29, 1.82) is 0 Å². The summed E-state index contributed by atoms with van der Waals surface area (Å²) in [5.41, 5.74) is 0. The monoisotopic (exact) mass is 336 g/mol. The first-order valence-corrected chi connectivity index (χ1v) is 9.72. The second kappa shape index (κ2) is 11.2. The molecule has 6 heteroatoms. The van der Waals surface area contributed by atoms with Crippen LogP contribution in [-0.4, -0.2) is 73.0 Å². The van der Waals surface area contributed by atoms with Crippen molar-refractivity contribution >= 4 is 12.7 Å². The van der Waals surface area contributed by atoms with Crippen LogP contribution in [0, 0.1) is 0 Å². The highest BCUT2D eigenvalue weighted by Gasteiger charge is 2.09. The van der Waals surface area contributed by atoms with Gasteiger partial charge >= 0.3 is 0 Å². The van der Waals surface area contributed by atoms with E-state index in [4.69, 9.17) is 0 Å². The molecule has 0 N–H and O–H groups in total. The van der Waals surface area contributed by atoms with E-state index >= 15 is 0 Å². The summed E-state index contributed by atoms with van der Waals surface area (Å²) in [6, 6.07) is 0. The Bertz CT molecular complexity index is 348. The van der Waals surface area contributed by atoms with Gasteiger partial charge in [-0.1, -0.05) is 51.4 Å². The van der Waals surface area contributed by atoms with E-state index in [1.54, 1.807) is 0 Å². The molecule has 0 radical (unpaired) electrons.